The molecule has 0 bridgehead atoms. The lowest BCUT2D eigenvalue weighted by atomic mass is 10.2. The number of nitro groups is 1. The minimum atomic E-state index is -0.851. The Kier molecular flexibility index (Phi) is 3.47. The van der Waals surface area contributed by atoms with Gasteiger partial charge in [0.25, 0.3) is 11.6 Å². The van der Waals surface area contributed by atoms with Gasteiger partial charge in [-0.1, -0.05) is 6.07 Å². The van der Waals surface area contributed by atoms with Crippen LogP contribution in [-0.4, -0.2) is 20.9 Å². The fourth-order valence-corrected chi connectivity index (χ4v) is 1.58. The maximum atomic E-state index is 11.9. The zero-order chi connectivity index (χ0) is 14.7. The number of rotatable bonds is 3. The van der Waals surface area contributed by atoms with Gasteiger partial charge in [0.1, 0.15) is 11.3 Å². The summed E-state index contributed by atoms with van der Waals surface area (Å²) in [5, 5.41) is 22.6. The van der Waals surface area contributed by atoms with E-state index in [0.717, 1.165) is 12.1 Å². The van der Waals surface area contributed by atoms with Crippen LogP contribution in [0.2, 0.25) is 0 Å². The van der Waals surface area contributed by atoms with E-state index in [1.807, 2.05) is 0 Å². The van der Waals surface area contributed by atoms with Crippen molar-refractivity contribution in [2.24, 2.45) is 0 Å². The number of aromatic amines is 1. The number of nitrogens with zero attached hydrogens (tertiary/aromatic N) is 1. The minimum absolute atomic E-state index is 0.218. The number of benzene rings is 1. The molecule has 0 aliphatic carbocycles. The number of phenols is 1. The molecule has 1 aromatic heterocycles. The van der Waals surface area contributed by atoms with Crippen LogP contribution >= 0.6 is 0 Å². The number of aromatic nitrogens is 1. The molecule has 1 heterocycles. The van der Waals surface area contributed by atoms with Crippen LogP contribution < -0.4 is 10.7 Å². The van der Waals surface area contributed by atoms with Crippen LogP contribution in [0.3, 0.4) is 0 Å². The molecule has 0 radical (unpaired) electrons. The number of hydrogen-bond acceptors (Lipinski definition) is 5. The summed E-state index contributed by atoms with van der Waals surface area (Å²) < 4.78 is 0. The van der Waals surface area contributed by atoms with Crippen LogP contribution in [0.15, 0.2) is 41.5 Å². The lowest BCUT2D eigenvalue weighted by molar-refractivity contribution is -0.384. The topological polar surface area (TPSA) is 125 Å². The Labute approximate surface area is 111 Å². The average Bonchev–Trinajstić information content (AvgIpc) is 2.41. The van der Waals surface area contributed by atoms with Gasteiger partial charge in [0.05, 0.1) is 4.92 Å². The van der Waals surface area contributed by atoms with Gasteiger partial charge in [-0.05, 0) is 6.07 Å². The van der Waals surface area contributed by atoms with Gasteiger partial charge in [-0.3, -0.25) is 19.7 Å². The van der Waals surface area contributed by atoms with Crippen LogP contribution in [0.25, 0.3) is 0 Å². The molecule has 8 nitrogen and oxygen atoms in total. The van der Waals surface area contributed by atoms with Gasteiger partial charge in [-0.2, -0.15) is 0 Å². The van der Waals surface area contributed by atoms with E-state index >= 15 is 0 Å². The third kappa shape index (κ3) is 2.48. The number of phenolic OH excluding ortho intramolecular Hbond substituents is 1. The van der Waals surface area contributed by atoms with Crippen LogP contribution in [0.5, 0.6) is 5.75 Å². The minimum Gasteiger partial charge on any atom is -0.505 e. The Morgan fingerprint density at radius 3 is 2.75 bits per heavy atom. The molecule has 1 aromatic carbocycles. The first-order valence-electron chi connectivity index (χ1n) is 5.45. The Bertz CT molecular complexity index is 738. The highest BCUT2D eigenvalue weighted by Gasteiger charge is 2.21. The summed E-state index contributed by atoms with van der Waals surface area (Å²) >= 11 is 0. The van der Waals surface area contributed by atoms with Gasteiger partial charge in [-0.15, -0.1) is 0 Å². The molecule has 0 unspecified atom stereocenters. The largest absolute Gasteiger partial charge is 0.505 e. The van der Waals surface area contributed by atoms with Gasteiger partial charge >= 0.3 is 0 Å². The number of carbonyl (C=O) groups excluding carboxylic acids is 1. The van der Waals surface area contributed by atoms with E-state index in [1.54, 1.807) is 0 Å². The molecule has 3 N–H and O–H groups in total. The molecule has 0 atom stereocenters. The third-order valence-corrected chi connectivity index (χ3v) is 2.52. The molecule has 102 valence electrons. The van der Waals surface area contributed by atoms with E-state index in [4.69, 9.17) is 0 Å². The van der Waals surface area contributed by atoms with E-state index in [2.05, 4.69) is 10.3 Å². The molecule has 0 spiro atoms. The fraction of sp³-hybridized carbons (Fsp3) is 0. The van der Waals surface area contributed by atoms with Gasteiger partial charge < -0.3 is 15.4 Å². The number of anilines is 1. The highest BCUT2D eigenvalue weighted by molar-refractivity contribution is 6.06. The first-order valence-corrected chi connectivity index (χ1v) is 5.45. The summed E-state index contributed by atoms with van der Waals surface area (Å²) in [6.07, 6.45) is 2.52. The van der Waals surface area contributed by atoms with Crippen LogP contribution in [0.4, 0.5) is 11.4 Å². The number of nitrogens with one attached hydrogen (secondary N) is 2. The summed E-state index contributed by atoms with van der Waals surface area (Å²) in [5.74, 6) is -1.31. The Morgan fingerprint density at radius 2 is 2.10 bits per heavy atom. The fourth-order valence-electron chi connectivity index (χ4n) is 1.58. The molecule has 2 aromatic rings. The van der Waals surface area contributed by atoms with E-state index in [-0.39, 0.29) is 11.3 Å². The van der Waals surface area contributed by atoms with E-state index < -0.39 is 27.7 Å². The second-order valence-electron chi connectivity index (χ2n) is 3.80. The van der Waals surface area contributed by atoms with Crippen molar-refractivity contribution >= 4 is 17.3 Å². The first-order chi connectivity index (χ1) is 9.50. The van der Waals surface area contributed by atoms with Crippen molar-refractivity contribution in [3.63, 3.8) is 0 Å². The Hall–Kier alpha value is -3.16. The number of carbonyl (C=O) groups is 1. The van der Waals surface area contributed by atoms with Gasteiger partial charge in [0.15, 0.2) is 11.1 Å². The number of para-hydroxylation sites is 1. The second kappa shape index (κ2) is 5.22. The summed E-state index contributed by atoms with van der Waals surface area (Å²) in [6.45, 7) is 0. The van der Waals surface area contributed by atoms with E-state index in [1.165, 1.54) is 24.5 Å². The molecule has 2 rings (SSSR count). The maximum Gasteiger partial charge on any atom is 0.296 e. The average molecular weight is 275 g/mol. The van der Waals surface area contributed by atoms with Crippen molar-refractivity contribution in [1.82, 2.24) is 4.98 Å². The molecule has 0 fully saturated rings. The standard InChI is InChI=1S/C12H9N3O5/c16-9-4-5-13-6-7(9)12(18)14-11-8(15(19)20)2-1-3-10(11)17/h1-6,17H,(H,13,16)(H,14,18). The third-order valence-electron chi connectivity index (χ3n) is 2.52. The summed E-state index contributed by atoms with van der Waals surface area (Å²) in [4.78, 5) is 36.0. The molecule has 0 saturated heterocycles. The lowest BCUT2D eigenvalue weighted by Crippen LogP contribution is -2.21. The van der Waals surface area contributed by atoms with Crippen LogP contribution in [0, 0.1) is 10.1 Å². The van der Waals surface area contributed by atoms with E-state index in [9.17, 15) is 24.8 Å². The Morgan fingerprint density at radius 1 is 1.35 bits per heavy atom. The predicted octanol–water partition coefficient (Wildman–Crippen LogP) is 1.24. The van der Waals surface area contributed by atoms with Crippen molar-refractivity contribution in [3.8, 4) is 5.75 Å². The van der Waals surface area contributed by atoms with Crippen molar-refractivity contribution in [3.05, 3.63) is 62.6 Å². The number of amides is 1. The summed E-state index contributed by atoms with van der Waals surface area (Å²) in [5.41, 5.74) is -1.58. The SMILES string of the molecule is O=C(Nc1c(O)cccc1[N+](=O)[O-])c1c[nH]ccc1=O. The molecule has 0 aliphatic heterocycles. The lowest BCUT2D eigenvalue weighted by Gasteiger charge is -2.07. The number of aromatic hydroxyl groups is 1. The molecular weight excluding hydrogens is 266 g/mol. The first kappa shape index (κ1) is 13.3. The number of nitro benzene ring substituents is 1. The smallest absolute Gasteiger partial charge is 0.296 e. The highest BCUT2D eigenvalue weighted by atomic mass is 16.6. The quantitative estimate of drug-likeness (QED) is 0.441. The highest BCUT2D eigenvalue weighted by Crippen LogP contribution is 2.33. The molecular formula is C12H9N3O5. The van der Waals surface area contributed by atoms with Crippen molar-refractivity contribution in [2.75, 3.05) is 5.32 Å². The van der Waals surface area contributed by atoms with Crippen LogP contribution in [-0.2, 0) is 0 Å². The molecule has 1 amide bonds. The number of H-pyrrole nitrogens is 1. The zero-order valence-corrected chi connectivity index (χ0v) is 9.99. The van der Waals surface area contributed by atoms with Crippen molar-refractivity contribution < 1.29 is 14.8 Å². The Balaban J connectivity index is 2.41. The van der Waals surface area contributed by atoms with Gasteiger partial charge in [-0.25, -0.2) is 0 Å². The molecule has 8 heteroatoms. The second-order valence-corrected chi connectivity index (χ2v) is 3.80. The normalized spacial score (nSPS) is 10.0. The van der Waals surface area contributed by atoms with Crippen LogP contribution in [0.1, 0.15) is 10.4 Å². The van der Waals surface area contributed by atoms with Crippen molar-refractivity contribution in [1.29, 1.82) is 0 Å². The van der Waals surface area contributed by atoms with Gasteiger partial charge in [0.2, 0.25) is 0 Å². The van der Waals surface area contributed by atoms with Crippen molar-refractivity contribution in [2.45, 2.75) is 0 Å². The predicted molar refractivity (Wildman–Crippen MR) is 69.8 cm³/mol. The number of hydrogen-bond donors (Lipinski definition) is 3. The number of pyridine rings is 1. The van der Waals surface area contributed by atoms with Gasteiger partial charge in [0, 0.05) is 24.5 Å². The van der Waals surface area contributed by atoms with E-state index in [0.29, 0.717) is 0 Å². The molecule has 0 aliphatic rings. The molecule has 20 heavy (non-hydrogen) atoms. The maximum absolute atomic E-state index is 11.9. The summed E-state index contributed by atoms with van der Waals surface area (Å²) in [7, 11) is 0. The molecule has 0 saturated carbocycles. The zero-order valence-electron chi connectivity index (χ0n) is 9.99. The monoisotopic (exact) mass is 275 g/mol. The summed E-state index contributed by atoms with van der Waals surface area (Å²) in [6, 6.07) is 4.75.